The van der Waals surface area contributed by atoms with Crippen molar-refractivity contribution in [1.29, 1.82) is 0 Å². The van der Waals surface area contributed by atoms with Gasteiger partial charge in [0.25, 0.3) is 0 Å². The van der Waals surface area contributed by atoms with Gasteiger partial charge in [-0.25, -0.2) is 0 Å². The van der Waals surface area contributed by atoms with Crippen LogP contribution in [0.2, 0.25) is 0 Å². The molecule has 0 aliphatic rings. The van der Waals surface area contributed by atoms with E-state index in [-0.39, 0.29) is 18.0 Å². The first-order valence-corrected chi connectivity index (χ1v) is 5.68. The molecule has 3 heteroatoms. The summed E-state index contributed by atoms with van der Waals surface area (Å²) in [6.45, 7) is 10.4. The molecule has 0 spiro atoms. The summed E-state index contributed by atoms with van der Waals surface area (Å²) in [5.74, 6) is 0.130. The Bertz CT molecular complexity index is 202. The molecule has 0 aromatic heterocycles. The molecule has 0 aromatic carbocycles. The van der Waals surface area contributed by atoms with Crippen molar-refractivity contribution in [3.63, 3.8) is 0 Å². The number of amides is 1. The van der Waals surface area contributed by atoms with Crippen LogP contribution in [0.25, 0.3) is 0 Å². The second-order valence-electron chi connectivity index (χ2n) is 4.18. The summed E-state index contributed by atoms with van der Waals surface area (Å²) in [4.78, 5) is 13.7. The Labute approximate surface area is 93.3 Å². The van der Waals surface area contributed by atoms with Gasteiger partial charge in [-0.2, -0.15) is 0 Å². The zero-order chi connectivity index (χ0) is 11.8. The maximum atomic E-state index is 11.9. The summed E-state index contributed by atoms with van der Waals surface area (Å²) >= 11 is 0. The average molecular weight is 212 g/mol. The SMILES string of the molecule is C=CCN(C(=O)CC(N)CCC)C(C)C. The lowest BCUT2D eigenvalue weighted by molar-refractivity contribution is -0.132. The smallest absolute Gasteiger partial charge is 0.224 e. The second-order valence-corrected chi connectivity index (χ2v) is 4.18. The van der Waals surface area contributed by atoms with Gasteiger partial charge in [0, 0.05) is 25.0 Å². The Balaban J connectivity index is 4.18. The molecule has 0 rings (SSSR count). The van der Waals surface area contributed by atoms with Gasteiger partial charge in [0.15, 0.2) is 0 Å². The van der Waals surface area contributed by atoms with E-state index in [1.807, 2.05) is 18.7 Å². The Kier molecular flexibility index (Phi) is 7.05. The van der Waals surface area contributed by atoms with Gasteiger partial charge in [-0.1, -0.05) is 19.4 Å². The molecule has 0 saturated carbocycles. The summed E-state index contributed by atoms with van der Waals surface area (Å²) in [5.41, 5.74) is 5.85. The first kappa shape index (κ1) is 14.2. The zero-order valence-corrected chi connectivity index (χ0v) is 10.2. The fourth-order valence-electron chi connectivity index (χ4n) is 1.55. The molecule has 0 aliphatic heterocycles. The van der Waals surface area contributed by atoms with E-state index in [1.165, 1.54) is 0 Å². The molecule has 0 bridgehead atoms. The topological polar surface area (TPSA) is 46.3 Å². The fraction of sp³-hybridized carbons (Fsp3) is 0.750. The maximum absolute atomic E-state index is 11.9. The molecule has 1 unspecified atom stereocenters. The van der Waals surface area contributed by atoms with E-state index in [4.69, 9.17) is 5.73 Å². The van der Waals surface area contributed by atoms with Gasteiger partial charge in [-0.3, -0.25) is 4.79 Å². The van der Waals surface area contributed by atoms with Crippen LogP contribution in [0.5, 0.6) is 0 Å². The van der Waals surface area contributed by atoms with Gasteiger partial charge >= 0.3 is 0 Å². The lowest BCUT2D eigenvalue weighted by Crippen LogP contribution is -2.40. The number of carbonyl (C=O) groups excluding carboxylic acids is 1. The molecule has 0 aliphatic carbocycles. The summed E-state index contributed by atoms with van der Waals surface area (Å²) in [5, 5.41) is 0. The van der Waals surface area contributed by atoms with Gasteiger partial charge < -0.3 is 10.6 Å². The van der Waals surface area contributed by atoms with Crippen LogP contribution in [-0.4, -0.2) is 29.4 Å². The molecule has 0 aromatic rings. The molecule has 0 radical (unpaired) electrons. The minimum atomic E-state index is -0.00596. The van der Waals surface area contributed by atoms with Crippen molar-refractivity contribution < 1.29 is 4.79 Å². The highest BCUT2D eigenvalue weighted by Gasteiger charge is 2.17. The Morgan fingerprint density at radius 3 is 2.53 bits per heavy atom. The fourth-order valence-corrected chi connectivity index (χ4v) is 1.55. The Morgan fingerprint density at radius 2 is 2.13 bits per heavy atom. The van der Waals surface area contributed by atoms with Gasteiger partial charge in [-0.05, 0) is 20.3 Å². The molecule has 88 valence electrons. The van der Waals surface area contributed by atoms with E-state index in [1.54, 1.807) is 6.08 Å². The molecule has 15 heavy (non-hydrogen) atoms. The third-order valence-electron chi connectivity index (χ3n) is 2.37. The third-order valence-corrected chi connectivity index (χ3v) is 2.37. The van der Waals surface area contributed by atoms with Gasteiger partial charge in [0.05, 0.1) is 0 Å². The van der Waals surface area contributed by atoms with Gasteiger partial charge in [0.2, 0.25) is 5.91 Å². The van der Waals surface area contributed by atoms with Crippen molar-refractivity contribution >= 4 is 5.91 Å². The van der Waals surface area contributed by atoms with Crippen LogP contribution in [0.15, 0.2) is 12.7 Å². The first-order chi connectivity index (χ1) is 7.02. The molecule has 0 heterocycles. The van der Waals surface area contributed by atoms with E-state index >= 15 is 0 Å². The second kappa shape index (κ2) is 7.46. The molecule has 0 saturated heterocycles. The number of nitrogens with two attached hydrogens (primary N) is 1. The average Bonchev–Trinajstić information content (AvgIpc) is 2.13. The van der Waals surface area contributed by atoms with Gasteiger partial charge in [0.1, 0.15) is 0 Å². The summed E-state index contributed by atoms with van der Waals surface area (Å²) < 4.78 is 0. The highest BCUT2D eigenvalue weighted by molar-refractivity contribution is 5.77. The van der Waals surface area contributed by atoms with Crippen molar-refractivity contribution in [2.75, 3.05) is 6.54 Å². The first-order valence-electron chi connectivity index (χ1n) is 5.68. The predicted octanol–water partition coefficient (Wildman–Crippen LogP) is 1.93. The number of nitrogens with zero attached hydrogens (tertiary/aromatic N) is 1. The van der Waals surface area contributed by atoms with Crippen molar-refractivity contribution in [2.45, 2.75) is 52.1 Å². The lowest BCUT2D eigenvalue weighted by Gasteiger charge is -2.26. The van der Waals surface area contributed by atoms with Crippen LogP contribution in [0.4, 0.5) is 0 Å². The zero-order valence-electron chi connectivity index (χ0n) is 10.2. The predicted molar refractivity (Wildman–Crippen MR) is 64.5 cm³/mol. The van der Waals surface area contributed by atoms with E-state index in [9.17, 15) is 4.79 Å². The van der Waals surface area contributed by atoms with Crippen LogP contribution in [0, 0.1) is 0 Å². The minimum Gasteiger partial charge on any atom is -0.337 e. The van der Waals surface area contributed by atoms with Gasteiger partial charge in [-0.15, -0.1) is 6.58 Å². The molecular formula is C12H24N2O. The van der Waals surface area contributed by atoms with E-state index < -0.39 is 0 Å². The van der Waals surface area contributed by atoms with E-state index in [2.05, 4.69) is 13.5 Å². The molecule has 0 fully saturated rings. The highest BCUT2D eigenvalue weighted by atomic mass is 16.2. The quantitative estimate of drug-likeness (QED) is 0.655. The largest absolute Gasteiger partial charge is 0.337 e. The van der Waals surface area contributed by atoms with Crippen LogP contribution in [-0.2, 0) is 4.79 Å². The van der Waals surface area contributed by atoms with E-state index in [0.29, 0.717) is 13.0 Å². The summed E-state index contributed by atoms with van der Waals surface area (Å²) in [6.07, 6.45) is 4.13. The third kappa shape index (κ3) is 5.57. The standard InChI is InChI=1S/C12H24N2O/c1-5-7-11(13)9-12(15)14(8-6-2)10(3)4/h6,10-11H,2,5,7-9,13H2,1,3-4H3. The molecule has 2 N–H and O–H groups in total. The lowest BCUT2D eigenvalue weighted by atomic mass is 10.1. The number of hydrogen-bond donors (Lipinski definition) is 1. The molecule has 1 amide bonds. The highest BCUT2D eigenvalue weighted by Crippen LogP contribution is 2.06. The monoisotopic (exact) mass is 212 g/mol. The van der Waals surface area contributed by atoms with Crippen molar-refractivity contribution in [2.24, 2.45) is 5.73 Å². The Hall–Kier alpha value is -0.830. The Morgan fingerprint density at radius 1 is 1.53 bits per heavy atom. The van der Waals surface area contributed by atoms with Crippen LogP contribution >= 0.6 is 0 Å². The minimum absolute atomic E-state index is 0.00596. The van der Waals surface area contributed by atoms with Crippen LogP contribution in [0.1, 0.15) is 40.0 Å². The number of rotatable bonds is 7. The number of carbonyl (C=O) groups is 1. The van der Waals surface area contributed by atoms with E-state index in [0.717, 1.165) is 12.8 Å². The van der Waals surface area contributed by atoms with Crippen molar-refractivity contribution in [3.8, 4) is 0 Å². The maximum Gasteiger partial charge on any atom is 0.224 e. The summed E-state index contributed by atoms with van der Waals surface area (Å²) in [6, 6.07) is 0.206. The molecule has 1 atom stereocenters. The van der Waals surface area contributed by atoms with Crippen LogP contribution < -0.4 is 5.73 Å². The molecular weight excluding hydrogens is 188 g/mol. The van der Waals surface area contributed by atoms with Crippen molar-refractivity contribution in [1.82, 2.24) is 4.90 Å². The van der Waals surface area contributed by atoms with Crippen LogP contribution in [0.3, 0.4) is 0 Å². The molecule has 3 nitrogen and oxygen atoms in total. The normalized spacial score (nSPS) is 12.6. The van der Waals surface area contributed by atoms with Crippen molar-refractivity contribution in [3.05, 3.63) is 12.7 Å². The summed E-state index contributed by atoms with van der Waals surface area (Å²) in [7, 11) is 0. The number of hydrogen-bond acceptors (Lipinski definition) is 2.